The number of benzene rings is 2. The van der Waals surface area contributed by atoms with Crippen molar-refractivity contribution in [1.82, 2.24) is 10.6 Å². The maximum absolute atomic E-state index is 13.4. The zero-order valence-electron chi connectivity index (χ0n) is 17.5. The molecule has 5 nitrogen and oxygen atoms in total. The summed E-state index contributed by atoms with van der Waals surface area (Å²) < 4.78 is 18.9. The highest BCUT2D eigenvalue weighted by Crippen LogP contribution is 2.21. The van der Waals surface area contributed by atoms with Crippen molar-refractivity contribution in [3.8, 4) is 5.75 Å². The molecular weight excluding hydrogens is 367 g/mol. The minimum absolute atomic E-state index is 0.182. The normalized spacial score (nSPS) is 15.3. The Labute approximate surface area is 173 Å². The molecule has 2 N–H and O–H groups in total. The molecule has 2 aromatic rings. The molecule has 29 heavy (non-hydrogen) atoms. The van der Waals surface area contributed by atoms with Crippen molar-refractivity contribution in [2.45, 2.75) is 32.2 Å². The van der Waals surface area contributed by atoms with E-state index in [1.807, 2.05) is 13.0 Å². The van der Waals surface area contributed by atoms with E-state index < -0.39 is 0 Å². The van der Waals surface area contributed by atoms with Crippen LogP contribution in [0.2, 0.25) is 0 Å². The summed E-state index contributed by atoms with van der Waals surface area (Å²) in [6.07, 6.45) is 2.88. The molecule has 0 aliphatic carbocycles. The summed E-state index contributed by atoms with van der Waals surface area (Å²) in [6.45, 7) is 4.66. The molecule has 0 amide bonds. The third-order valence-electron chi connectivity index (χ3n) is 5.41. The third-order valence-corrected chi connectivity index (χ3v) is 5.41. The second-order valence-corrected chi connectivity index (χ2v) is 7.44. The van der Waals surface area contributed by atoms with E-state index in [0.29, 0.717) is 6.04 Å². The number of ether oxygens (including phenoxy) is 1. The van der Waals surface area contributed by atoms with Crippen molar-refractivity contribution in [3.63, 3.8) is 0 Å². The Morgan fingerprint density at radius 1 is 1.21 bits per heavy atom. The number of methoxy groups -OCH3 is 1. The van der Waals surface area contributed by atoms with E-state index in [1.54, 1.807) is 26.3 Å². The van der Waals surface area contributed by atoms with Gasteiger partial charge in [-0.05, 0) is 61.6 Å². The molecule has 1 aliphatic heterocycles. The first-order valence-corrected chi connectivity index (χ1v) is 10.2. The van der Waals surface area contributed by atoms with Crippen LogP contribution in [0.15, 0.2) is 47.5 Å². The van der Waals surface area contributed by atoms with Crippen molar-refractivity contribution in [2.75, 3.05) is 38.7 Å². The Kier molecular flexibility index (Phi) is 7.33. The second kappa shape index (κ2) is 10.1. The smallest absolute Gasteiger partial charge is 0.191 e. The fraction of sp³-hybridized carbons (Fsp3) is 0.435. The molecular formula is C23H31FN4O. The zero-order chi connectivity index (χ0) is 20.6. The Hall–Kier alpha value is -2.76. The first kappa shape index (κ1) is 21.0. The van der Waals surface area contributed by atoms with E-state index in [4.69, 9.17) is 4.74 Å². The van der Waals surface area contributed by atoms with Crippen molar-refractivity contribution < 1.29 is 9.13 Å². The summed E-state index contributed by atoms with van der Waals surface area (Å²) in [4.78, 5) is 6.59. The lowest BCUT2D eigenvalue weighted by atomic mass is 10.0. The van der Waals surface area contributed by atoms with Gasteiger partial charge in [-0.15, -0.1) is 0 Å². The Morgan fingerprint density at radius 2 is 2.00 bits per heavy atom. The number of aliphatic imine (C=N–C) groups is 1. The summed E-state index contributed by atoms with van der Waals surface area (Å²) >= 11 is 0. The summed E-state index contributed by atoms with van der Waals surface area (Å²) in [7, 11) is 3.50. The second-order valence-electron chi connectivity index (χ2n) is 7.44. The Morgan fingerprint density at radius 3 is 2.69 bits per heavy atom. The van der Waals surface area contributed by atoms with Crippen molar-refractivity contribution >= 4 is 11.6 Å². The quantitative estimate of drug-likeness (QED) is 0.577. The number of anilines is 1. The number of hydrogen-bond donors (Lipinski definition) is 2. The first-order chi connectivity index (χ1) is 14.1. The van der Waals surface area contributed by atoms with Gasteiger partial charge in [0.15, 0.2) is 5.96 Å². The summed E-state index contributed by atoms with van der Waals surface area (Å²) in [5, 5.41) is 6.92. The molecule has 0 saturated carbocycles. The topological polar surface area (TPSA) is 48.9 Å². The van der Waals surface area contributed by atoms with Crippen LogP contribution < -0.4 is 20.3 Å². The fourth-order valence-corrected chi connectivity index (χ4v) is 3.69. The minimum Gasteiger partial charge on any atom is -0.496 e. The number of guanidine groups is 1. The van der Waals surface area contributed by atoms with Gasteiger partial charge in [-0.3, -0.25) is 4.99 Å². The molecule has 1 aliphatic rings. The fourth-order valence-electron chi connectivity index (χ4n) is 3.69. The molecule has 0 spiro atoms. The molecule has 0 radical (unpaired) electrons. The molecule has 0 atom stereocenters. The Balaban J connectivity index is 1.44. The van der Waals surface area contributed by atoms with Crippen LogP contribution in [0, 0.1) is 12.7 Å². The molecule has 0 bridgehead atoms. The lowest BCUT2D eigenvalue weighted by molar-refractivity contribution is 0.411. The highest BCUT2D eigenvalue weighted by Gasteiger charge is 2.20. The largest absolute Gasteiger partial charge is 0.496 e. The SMILES string of the molecule is CN=C(NCCc1ccc(C)c(OC)c1)NC1CCN(c2cccc(F)c2)CC1. The number of nitrogens with one attached hydrogen (secondary N) is 2. The summed E-state index contributed by atoms with van der Waals surface area (Å²) in [5.74, 6) is 1.57. The van der Waals surface area contributed by atoms with Crippen molar-refractivity contribution in [2.24, 2.45) is 4.99 Å². The van der Waals surface area contributed by atoms with E-state index in [1.165, 1.54) is 11.6 Å². The molecule has 1 fully saturated rings. The van der Waals surface area contributed by atoms with E-state index in [-0.39, 0.29) is 5.82 Å². The summed E-state index contributed by atoms with van der Waals surface area (Å²) in [6, 6.07) is 13.5. The van der Waals surface area contributed by atoms with Crippen LogP contribution in [-0.4, -0.2) is 45.8 Å². The number of nitrogens with zero attached hydrogens (tertiary/aromatic N) is 2. The van der Waals surface area contributed by atoms with Gasteiger partial charge in [-0.2, -0.15) is 0 Å². The van der Waals surface area contributed by atoms with Crippen LogP contribution in [0.4, 0.5) is 10.1 Å². The third kappa shape index (κ3) is 5.86. The number of hydrogen-bond acceptors (Lipinski definition) is 3. The predicted molar refractivity (Wildman–Crippen MR) is 118 cm³/mol. The van der Waals surface area contributed by atoms with Crippen LogP contribution in [0.3, 0.4) is 0 Å². The highest BCUT2D eigenvalue weighted by atomic mass is 19.1. The van der Waals surface area contributed by atoms with Gasteiger partial charge in [0.25, 0.3) is 0 Å². The molecule has 0 unspecified atom stereocenters. The first-order valence-electron chi connectivity index (χ1n) is 10.2. The monoisotopic (exact) mass is 398 g/mol. The molecule has 6 heteroatoms. The maximum atomic E-state index is 13.4. The molecule has 3 rings (SSSR count). The van der Waals surface area contributed by atoms with E-state index in [9.17, 15) is 4.39 Å². The van der Waals surface area contributed by atoms with Gasteiger partial charge in [0.2, 0.25) is 0 Å². The molecule has 2 aromatic carbocycles. The van der Waals surface area contributed by atoms with Gasteiger partial charge in [-0.1, -0.05) is 18.2 Å². The number of halogens is 1. The molecule has 0 aromatic heterocycles. The van der Waals surface area contributed by atoms with E-state index in [0.717, 1.165) is 61.9 Å². The lowest BCUT2D eigenvalue weighted by Crippen LogP contribution is -2.49. The van der Waals surface area contributed by atoms with Gasteiger partial charge in [0.1, 0.15) is 11.6 Å². The average Bonchev–Trinajstić information content (AvgIpc) is 2.74. The number of piperidine rings is 1. The van der Waals surface area contributed by atoms with Gasteiger partial charge in [-0.25, -0.2) is 4.39 Å². The molecule has 1 heterocycles. The summed E-state index contributed by atoms with van der Waals surface area (Å²) in [5.41, 5.74) is 3.34. The Bertz CT molecular complexity index is 831. The van der Waals surface area contributed by atoms with Crippen molar-refractivity contribution in [3.05, 3.63) is 59.4 Å². The van der Waals surface area contributed by atoms with Gasteiger partial charge < -0.3 is 20.3 Å². The average molecular weight is 399 g/mol. The van der Waals surface area contributed by atoms with Gasteiger partial charge >= 0.3 is 0 Å². The van der Waals surface area contributed by atoms with Crippen LogP contribution >= 0.6 is 0 Å². The highest BCUT2D eigenvalue weighted by molar-refractivity contribution is 5.80. The van der Waals surface area contributed by atoms with E-state index >= 15 is 0 Å². The van der Waals surface area contributed by atoms with Crippen LogP contribution in [-0.2, 0) is 6.42 Å². The number of aryl methyl sites for hydroxylation is 1. The lowest BCUT2D eigenvalue weighted by Gasteiger charge is -2.34. The standard InChI is InChI=1S/C23H31FN4O/c1-17-7-8-18(15-22(17)29-3)9-12-26-23(25-2)27-20-10-13-28(14-11-20)21-6-4-5-19(24)16-21/h4-8,15-16,20H,9-14H2,1-3H3,(H2,25,26,27). The zero-order valence-corrected chi connectivity index (χ0v) is 17.5. The number of rotatable bonds is 6. The molecule has 156 valence electrons. The van der Waals surface area contributed by atoms with E-state index in [2.05, 4.69) is 38.7 Å². The predicted octanol–water partition coefficient (Wildman–Crippen LogP) is 3.52. The molecule has 1 saturated heterocycles. The maximum Gasteiger partial charge on any atom is 0.191 e. The van der Waals surface area contributed by atoms with Crippen LogP contribution in [0.5, 0.6) is 5.75 Å². The van der Waals surface area contributed by atoms with Crippen LogP contribution in [0.25, 0.3) is 0 Å². The van der Waals surface area contributed by atoms with Crippen LogP contribution in [0.1, 0.15) is 24.0 Å². The van der Waals surface area contributed by atoms with Gasteiger partial charge in [0, 0.05) is 38.4 Å². The van der Waals surface area contributed by atoms with Crippen molar-refractivity contribution in [1.29, 1.82) is 0 Å². The minimum atomic E-state index is -0.182. The van der Waals surface area contributed by atoms with Gasteiger partial charge in [0.05, 0.1) is 7.11 Å².